The van der Waals surface area contributed by atoms with Crippen LogP contribution in [0.15, 0.2) is 71.1 Å². The molecule has 3 aromatic heterocycles. The molecule has 3 aromatic carbocycles. The Morgan fingerprint density at radius 1 is 1.02 bits per heavy atom. The zero-order chi connectivity index (χ0) is 36.4. The number of sulfonamides is 1. The number of aryl methyl sites for hydroxylation is 1. The maximum absolute atomic E-state index is 15.4. The SMILES string of the molecule is CCCc1ccc(F)c2cc3n(c12)CN(CC(C)=O)c1ccc(-c2cc4c(C(=O)NC)c(-c5ccc(F)cc5)oc4cc2N(C)S(C)(=O)=O)nc1-3. The maximum Gasteiger partial charge on any atom is 0.255 e. The number of nitrogens with zero attached hydrogens (tertiary/aromatic N) is 4. The molecular formula is C38H35F2N5O5S. The number of anilines is 2. The van der Waals surface area contributed by atoms with Crippen LogP contribution in [0.5, 0.6) is 0 Å². The van der Waals surface area contributed by atoms with Gasteiger partial charge in [-0.2, -0.15) is 0 Å². The number of hydrogen-bond donors (Lipinski definition) is 1. The van der Waals surface area contributed by atoms with Gasteiger partial charge in [0.05, 0.1) is 53.3 Å². The molecule has 7 rings (SSSR count). The van der Waals surface area contributed by atoms with Crippen molar-refractivity contribution in [2.75, 3.05) is 36.1 Å². The summed E-state index contributed by atoms with van der Waals surface area (Å²) in [6.07, 6.45) is 2.65. The van der Waals surface area contributed by atoms with Crippen LogP contribution in [0.1, 0.15) is 36.2 Å². The van der Waals surface area contributed by atoms with Crippen LogP contribution < -0.4 is 14.5 Å². The van der Waals surface area contributed by atoms with E-state index in [1.54, 1.807) is 24.3 Å². The Morgan fingerprint density at radius 2 is 1.76 bits per heavy atom. The zero-order valence-electron chi connectivity index (χ0n) is 28.7. The highest BCUT2D eigenvalue weighted by Crippen LogP contribution is 2.44. The summed E-state index contributed by atoms with van der Waals surface area (Å²) in [6.45, 7) is 3.96. The number of fused-ring (bicyclic) bond motifs is 6. The molecule has 1 aliphatic heterocycles. The number of amides is 1. The van der Waals surface area contributed by atoms with Crippen molar-refractivity contribution in [3.63, 3.8) is 0 Å². The largest absolute Gasteiger partial charge is 0.455 e. The molecule has 51 heavy (non-hydrogen) atoms. The minimum absolute atomic E-state index is 0.0638. The van der Waals surface area contributed by atoms with E-state index >= 15 is 4.39 Å². The molecule has 0 aliphatic carbocycles. The van der Waals surface area contributed by atoms with Crippen molar-refractivity contribution in [2.45, 2.75) is 33.4 Å². The van der Waals surface area contributed by atoms with Gasteiger partial charge in [0.1, 0.15) is 34.5 Å². The predicted octanol–water partition coefficient (Wildman–Crippen LogP) is 7.14. The molecule has 10 nitrogen and oxygen atoms in total. The highest BCUT2D eigenvalue weighted by Gasteiger charge is 2.30. The van der Waals surface area contributed by atoms with Gasteiger partial charge in [-0.05, 0) is 73.5 Å². The molecule has 0 bridgehead atoms. The van der Waals surface area contributed by atoms with Gasteiger partial charge in [-0.25, -0.2) is 22.2 Å². The van der Waals surface area contributed by atoms with Gasteiger partial charge >= 0.3 is 0 Å². The van der Waals surface area contributed by atoms with E-state index in [0.29, 0.717) is 51.3 Å². The van der Waals surface area contributed by atoms with E-state index in [1.165, 1.54) is 57.4 Å². The van der Waals surface area contributed by atoms with E-state index in [-0.39, 0.29) is 40.7 Å². The third-order valence-corrected chi connectivity index (χ3v) is 10.5. The molecule has 4 heterocycles. The summed E-state index contributed by atoms with van der Waals surface area (Å²) in [5, 5.41) is 3.47. The number of aromatic nitrogens is 2. The quantitative estimate of drug-likeness (QED) is 0.170. The van der Waals surface area contributed by atoms with Gasteiger partial charge < -0.3 is 19.2 Å². The average molecular weight is 712 g/mol. The number of ketones is 1. The molecule has 13 heteroatoms. The maximum atomic E-state index is 15.4. The number of halogens is 2. The van der Waals surface area contributed by atoms with E-state index in [4.69, 9.17) is 9.40 Å². The molecule has 1 aliphatic rings. The van der Waals surface area contributed by atoms with E-state index in [0.717, 1.165) is 34.5 Å². The number of nitrogens with one attached hydrogen (secondary N) is 1. The number of Topliss-reactive ketones (excluding diaryl/α,β-unsaturated/α-hetero) is 1. The minimum atomic E-state index is -3.81. The van der Waals surface area contributed by atoms with E-state index < -0.39 is 21.7 Å². The summed E-state index contributed by atoms with van der Waals surface area (Å²) < 4.78 is 64.5. The molecule has 1 amide bonds. The molecule has 0 saturated carbocycles. The lowest BCUT2D eigenvalue weighted by molar-refractivity contribution is -0.115. The van der Waals surface area contributed by atoms with E-state index in [1.807, 2.05) is 15.5 Å². The number of furan rings is 1. The van der Waals surface area contributed by atoms with Crippen LogP contribution in [0.25, 0.3) is 55.8 Å². The summed E-state index contributed by atoms with van der Waals surface area (Å²) in [4.78, 5) is 32.8. The fraction of sp³-hybridized carbons (Fsp3) is 0.237. The average Bonchev–Trinajstić information content (AvgIpc) is 3.67. The van der Waals surface area contributed by atoms with Crippen molar-refractivity contribution >= 4 is 55.0 Å². The van der Waals surface area contributed by atoms with Crippen LogP contribution >= 0.6 is 0 Å². The van der Waals surface area contributed by atoms with Crippen molar-refractivity contribution in [2.24, 2.45) is 0 Å². The predicted molar refractivity (Wildman–Crippen MR) is 194 cm³/mol. The highest BCUT2D eigenvalue weighted by atomic mass is 32.2. The molecule has 1 N–H and O–H groups in total. The first-order valence-electron chi connectivity index (χ1n) is 16.4. The Kier molecular flexibility index (Phi) is 8.41. The molecule has 0 spiro atoms. The number of rotatable bonds is 9. The van der Waals surface area contributed by atoms with Crippen LogP contribution in [0, 0.1) is 11.6 Å². The molecule has 0 radical (unpaired) electrons. The number of pyridine rings is 1. The summed E-state index contributed by atoms with van der Waals surface area (Å²) in [5.74, 6) is -1.17. The zero-order valence-corrected chi connectivity index (χ0v) is 29.5. The Bertz CT molecular complexity index is 2510. The second-order valence-electron chi connectivity index (χ2n) is 12.8. The van der Waals surface area contributed by atoms with Crippen LogP contribution in [0.3, 0.4) is 0 Å². The number of carbonyl (C=O) groups is 2. The Labute approximate surface area is 293 Å². The van der Waals surface area contributed by atoms with Crippen LogP contribution in [-0.2, 0) is 27.9 Å². The van der Waals surface area contributed by atoms with Gasteiger partial charge in [-0.3, -0.25) is 13.9 Å². The third kappa shape index (κ3) is 5.80. The summed E-state index contributed by atoms with van der Waals surface area (Å²) >= 11 is 0. The van der Waals surface area contributed by atoms with Crippen molar-refractivity contribution in [1.29, 1.82) is 0 Å². The smallest absolute Gasteiger partial charge is 0.255 e. The van der Waals surface area contributed by atoms with Crippen LogP contribution in [-0.4, -0.2) is 56.6 Å². The molecule has 0 saturated heterocycles. The highest BCUT2D eigenvalue weighted by molar-refractivity contribution is 7.92. The summed E-state index contributed by atoms with van der Waals surface area (Å²) in [7, 11) is -0.916. The molecular weight excluding hydrogens is 677 g/mol. The summed E-state index contributed by atoms with van der Waals surface area (Å²) in [5.41, 5.74) is 5.33. The Hall–Kier alpha value is -5.56. The van der Waals surface area contributed by atoms with Gasteiger partial charge in [-0.15, -0.1) is 0 Å². The second-order valence-corrected chi connectivity index (χ2v) is 14.8. The Balaban J connectivity index is 1.52. The van der Waals surface area contributed by atoms with E-state index in [2.05, 4.69) is 12.2 Å². The van der Waals surface area contributed by atoms with Gasteiger partial charge in [0, 0.05) is 42.1 Å². The standard InChI is InChI=1S/C38H35F2N5O5S/c1-6-7-22-10-13-28(40)25-17-32-35-30(44(19-21(2)46)20-45(32)36(22)25)15-14-29(42-35)26-16-27-33(18-31(26)43(4)51(5,48)49)50-37(34(27)38(47)41-3)23-8-11-24(39)12-9-23/h8-18H,6-7,19-20H2,1-5H3,(H,41,47). The topological polar surface area (TPSA) is 118 Å². The van der Waals surface area contributed by atoms with Gasteiger partial charge in [-0.1, -0.05) is 19.4 Å². The lowest BCUT2D eigenvalue weighted by atomic mass is 10.00. The molecule has 262 valence electrons. The number of hydrogen-bond acceptors (Lipinski definition) is 7. The van der Waals surface area contributed by atoms with E-state index in [9.17, 15) is 22.4 Å². The minimum Gasteiger partial charge on any atom is -0.455 e. The molecule has 0 unspecified atom stereocenters. The van der Waals surface area contributed by atoms with Gasteiger partial charge in [0.2, 0.25) is 10.0 Å². The fourth-order valence-electron chi connectivity index (χ4n) is 6.86. The monoisotopic (exact) mass is 711 g/mol. The lowest BCUT2D eigenvalue weighted by Crippen LogP contribution is -2.34. The van der Waals surface area contributed by atoms with Crippen LogP contribution in [0.4, 0.5) is 20.2 Å². The molecule has 0 fully saturated rings. The second kappa shape index (κ2) is 12.6. The first-order chi connectivity index (χ1) is 24.3. The van der Waals surface area contributed by atoms with Crippen molar-refractivity contribution < 1.29 is 31.2 Å². The molecule has 6 aromatic rings. The lowest BCUT2D eigenvalue weighted by Gasteiger charge is -2.32. The van der Waals surface area contributed by atoms with Crippen molar-refractivity contribution in [3.8, 4) is 34.0 Å². The first kappa shape index (κ1) is 33.9. The van der Waals surface area contributed by atoms with Crippen LogP contribution in [0.2, 0.25) is 0 Å². The van der Waals surface area contributed by atoms with Crippen molar-refractivity contribution in [3.05, 3.63) is 89.5 Å². The van der Waals surface area contributed by atoms with Gasteiger partial charge in [0.25, 0.3) is 5.91 Å². The number of benzene rings is 3. The first-order valence-corrected chi connectivity index (χ1v) is 18.2. The third-order valence-electron chi connectivity index (χ3n) is 9.27. The molecule has 0 atom stereocenters. The van der Waals surface area contributed by atoms with Crippen molar-refractivity contribution in [1.82, 2.24) is 14.9 Å². The Morgan fingerprint density at radius 3 is 2.43 bits per heavy atom. The fourth-order valence-corrected chi connectivity index (χ4v) is 7.37. The summed E-state index contributed by atoms with van der Waals surface area (Å²) in [6, 6.07) is 17.3. The normalized spacial score (nSPS) is 12.6. The number of carbonyl (C=O) groups excluding carboxylic acids is 2. The van der Waals surface area contributed by atoms with Gasteiger partial charge in [0.15, 0.2) is 0 Å².